The molecule has 0 aliphatic heterocycles. The first-order chi connectivity index (χ1) is 15.5. The fourth-order valence-electron chi connectivity index (χ4n) is 3.74. The number of rotatable bonds is 5. The number of hydrogen-bond acceptors (Lipinski definition) is 6. The van der Waals surface area contributed by atoms with Crippen LogP contribution in [0.4, 0.5) is 0 Å². The highest BCUT2D eigenvalue weighted by atomic mass is 127. The average Bonchev–Trinajstić information content (AvgIpc) is 3.16. The minimum atomic E-state index is -0.599. The summed E-state index contributed by atoms with van der Waals surface area (Å²) in [5.74, 6) is 2.31. The van der Waals surface area contributed by atoms with E-state index in [4.69, 9.17) is 9.72 Å². The van der Waals surface area contributed by atoms with Crippen LogP contribution in [0, 0.1) is 10.5 Å². The lowest BCUT2D eigenvalue weighted by atomic mass is 10.2. The van der Waals surface area contributed by atoms with Crippen LogP contribution in [0.15, 0.2) is 48.9 Å². The maximum Gasteiger partial charge on any atom is 0.143 e. The van der Waals surface area contributed by atoms with E-state index in [1.54, 1.807) is 17.1 Å². The van der Waals surface area contributed by atoms with Crippen molar-refractivity contribution in [2.24, 2.45) is 0 Å². The van der Waals surface area contributed by atoms with Gasteiger partial charge >= 0.3 is 0 Å². The van der Waals surface area contributed by atoms with Gasteiger partial charge in [-0.15, -0.1) is 0 Å². The number of aryl methyl sites for hydroxylation is 1. The molecule has 9 heteroatoms. The average molecular weight is 538 g/mol. The van der Waals surface area contributed by atoms with Crippen LogP contribution >= 0.6 is 22.6 Å². The van der Waals surface area contributed by atoms with Crippen molar-refractivity contribution in [1.29, 1.82) is 0 Å². The van der Waals surface area contributed by atoms with Crippen molar-refractivity contribution in [3.63, 3.8) is 0 Å². The van der Waals surface area contributed by atoms with E-state index in [2.05, 4.69) is 42.6 Å². The number of H-pyrrole nitrogens is 1. The van der Waals surface area contributed by atoms with E-state index in [0.717, 1.165) is 61.3 Å². The number of nitrogens with one attached hydrogen (secondary N) is 1. The number of fused-ring (bicyclic) bond motifs is 2. The summed E-state index contributed by atoms with van der Waals surface area (Å²) in [6, 6.07) is 9.62. The molecule has 160 valence electrons. The Bertz CT molecular complexity index is 1490. The largest absolute Gasteiger partial charge is 0.456 e. The van der Waals surface area contributed by atoms with Gasteiger partial charge in [-0.1, -0.05) is 0 Å². The standard InChI is InChI=1S/C23H19IN6O2/c1-13-27-16-3-2-15(8-18(16)28-13)32-20-5-4-17-22(21(20)24)29-19(10-25-17)14-9-26-30(11-14)12-23(31)6-7-23/h2-5,8-11,31H,6-7,12H2,1H3,(H,27,28). The lowest BCUT2D eigenvalue weighted by molar-refractivity contribution is 0.125. The van der Waals surface area contributed by atoms with Crippen LogP contribution in [0.2, 0.25) is 0 Å². The molecule has 32 heavy (non-hydrogen) atoms. The van der Waals surface area contributed by atoms with Crippen molar-refractivity contribution in [3.05, 3.63) is 58.3 Å². The van der Waals surface area contributed by atoms with Crippen molar-refractivity contribution in [3.8, 4) is 22.8 Å². The van der Waals surface area contributed by atoms with E-state index >= 15 is 0 Å². The molecule has 5 aromatic rings. The van der Waals surface area contributed by atoms with Crippen LogP contribution in [0.5, 0.6) is 11.5 Å². The van der Waals surface area contributed by atoms with E-state index < -0.39 is 5.60 Å². The van der Waals surface area contributed by atoms with Gasteiger partial charge in [-0.2, -0.15) is 5.10 Å². The minimum absolute atomic E-state index is 0.504. The highest BCUT2D eigenvalue weighted by molar-refractivity contribution is 14.1. The molecule has 0 bridgehead atoms. The van der Waals surface area contributed by atoms with Gasteiger partial charge in [-0.05, 0) is 66.6 Å². The molecule has 0 amide bonds. The quantitative estimate of drug-likeness (QED) is 0.318. The molecule has 3 heterocycles. The number of nitrogens with zero attached hydrogens (tertiary/aromatic N) is 5. The number of aliphatic hydroxyl groups is 1. The van der Waals surface area contributed by atoms with Crippen molar-refractivity contribution in [2.75, 3.05) is 0 Å². The third-order valence-corrected chi connectivity index (χ3v) is 6.67. The van der Waals surface area contributed by atoms with E-state index in [0.29, 0.717) is 12.3 Å². The lowest BCUT2D eigenvalue weighted by Crippen LogP contribution is -2.16. The molecule has 0 unspecified atom stereocenters. The van der Waals surface area contributed by atoms with Gasteiger partial charge in [-0.25, -0.2) is 9.97 Å². The molecule has 0 radical (unpaired) electrons. The number of aromatic amines is 1. The van der Waals surface area contributed by atoms with Crippen molar-refractivity contribution >= 4 is 44.7 Å². The topological polar surface area (TPSA) is 102 Å². The molecule has 3 aromatic heterocycles. The Balaban J connectivity index is 1.33. The molecule has 1 aliphatic carbocycles. The van der Waals surface area contributed by atoms with Gasteiger partial charge in [-0.3, -0.25) is 9.67 Å². The Morgan fingerprint density at radius 3 is 2.84 bits per heavy atom. The zero-order valence-corrected chi connectivity index (χ0v) is 19.4. The van der Waals surface area contributed by atoms with Gasteiger partial charge in [0.15, 0.2) is 0 Å². The minimum Gasteiger partial charge on any atom is -0.456 e. The zero-order chi connectivity index (χ0) is 21.9. The number of aromatic nitrogens is 6. The van der Waals surface area contributed by atoms with Crippen LogP contribution < -0.4 is 4.74 Å². The smallest absolute Gasteiger partial charge is 0.143 e. The van der Waals surface area contributed by atoms with Gasteiger partial charge in [0.05, 0.1) is 50.4 Å². The van der Waals surface area contributed by atoms with Crippen LogP contribution in [0.25, 0.3) is 33.3 Å². The van der Waals surface area contributed by atoms with E-state index in [-0.39, 0.29) is 0 Å². The summed E-state index contributed by atoms with van der Waals surface area (Å²) in [5.41, 5.74) is 4.41. The molecule has 2 aromatic carbocycles. The third kappa shape index (κ3) is 3.61. The Kier molecular flexibility index (Phi) is 4.44. The summed E-state index contributed by atoms with van der Waals surface area (Å²) in [5, 5.41) is 14.5. The van der Waals surface area contributed by atoms with Crippen LogP contribution in [-0.4, -0.2) is 40.4 Å². The second-order valence-corrected chi connectivity index (χ2v) is 9.33. The summed E-state index contributed by atoms with van der Waals surface area (Å²) >= 11 is 2.25. The van der Waals surface area contributed by atoms with Gasteiger partial charge in [0.2, 0.25) is 0 Å². The molecule has 1 fully saturated rings. The summed E-state index contributed by atoms with van der Waals surface area (Å²) in [6.07, 6.45) is 7.07. The number of hydrogen-bond donors (Lipinski definition) is 2. The lowest BCUT2D eigenvalue weighted by Gasteiger charge is -2.10. The van der Waals surface area contributed by atoms with Gasteiger partial charge in [0, 0.05) is 17.8 Å². The summed E-state index contributed by atoms with van der Waals surface area (Å²) in [7, 11) is 0. The Hall–Kier alpha value is -3.05. The normalized spacial score (nSPS) is 14.8. The molecule has 1 saturated carbocycles. The molecule has 0 saturated heterocycles. The fourth-order valence-corrected chi connectivity index (χ4v) is 4.42. The Labute approximate surface area is 196 Å². The molecule has 0 spiro atoms. The number of imidazole rings is 1. The summed E-state index contributed by atoms with van der Waals surface area (Å²) < 4.78 is 8.83. The molecule has 6 rings (SSSR count). The first-order valence-corrected chi connectivity index (χ1v) is 11.4. The highest BCUT2D eigenvalue weighted by Gasteiger charge is 2.40. The van der Waals surface area contributed by atoms with Crippen LogP contribution in [0.3, 0.4) is 0 Å². The monoisotopic (exact) mass is 538 g/mol. The van der Waals surface area contributed by atoms with Crippen molar-refractivity contribution < 1.29 is 9.84 Å². The molecule has 8 nitrogen and oxygen atoms in total. The van der Waals surface area contributed by atoms with E-state index in [1.807, 2.05) is 43.5 Å². The third-order valence-electron chi connectivity index (χ3n) is 5.63. The highest BCUT2D eigenvalue weighted by Crippen LogP contribution is 2.37. The van der Waals surface area contributed by atoms with Crippen molar-refractivity contribution in [1.82, 2.24) is 29.7 Å². The predicted molar refractivity (Wildman–Crippen MR) is 129 cm³/mol. The predicted octanol–water partition coefficient (Wildman–Crippen LogP) is 4.60. The first-order valence-electron chi connectivity index (χ1n) is 10.3. The van der Waals surface area contributed by atoms with E-state index in [1.165, 1.54) is 0 Å². The second kappa shape index (κ2) is 7.24. The summed E-state index contributed by atoms with van der Waals surface area (Å²) in [4.78, 5) is 17.1. The van der Waals surface area contributed by atoms with Crippen LogP contribution in [-0.2, 0) is 6.54 Å². The van der Waals surface area contributed by atoms with Crippen molar-refractivity contribution in [2.45, 2.75) is 31.9 Å². The van der Waals surface area contributed by atoms with Crippen LogP contribution in [0.1, 0.15) is 18.7 Å². The Morgan fingerprint density at radius 1 is 1.16 bits per heavy atom. The second-order valence-electron chi connectivity index (χ2n) is 8.25. The van der Waals surface area contributed by atoms with Gasteiger partial charge in [0.1, 0.15) is 22.8 Å². The summed E-state index contributed by atoms with van der Waals surface area (Å²) in [6.45, 7) is 2.43. The SMILES string of the molecule is Cc1nc2ccc(Oc3ccc4ncc(-c5cnn(CC6(O)CC6)c5)nc4c3I)cc2[nH]1. The molecular formula is C23H19IN6O2. The maximum absolute atomic E-state index is 10.1. The molecule has 0 atom stereocenters. The fraction of sp³-hybridized carbons (Fsp3) is 0.217. The first kappa shape index (κ1) is 19.6. The maximum atomic E-state index is 10.1. The molecule has 1 aliphatic rings. The number of benzene rings is 2. The Morgan fingerprint density at radius 2 is 2.00 bits per heavy atom. The molecule has 2 N–H and O–H groups in total. The number of halogens is 1. The van der Waals surface area contributed by atoms with Gasteiger partial charge in [0.25, 0.3) is 0 Å². The van der Waals surface area contributed by atoms with Gasteiger partial charge < -0.3 is 14.8 Å². The molecular weight excluding hydrogens is 519 g/mol. The zero-order valence-electron chi connectivity index (χ0n) is 17.2. The number of ether oxygens (including phenoxy) is 1. The van der Waals surface area contributed by atoms with E-state index in [9.17, 15) is 5.11 Å².